The first kappa shape index (κ1) is 17.3. The minimum Gasteiger partial charge on any atom is -0.198 e. The molecule has 0 radical (unpaired) electrons. The van der Waals surface area contributed by atoms with Gasteiger partial charge in [0.15, 0.2) is 0 Å². The standard InChI is InChI=1S/C14H24F3N/c1-2-3-4-5-6-7-8-9-10-13(12-18)11-14(15,16)17/h13H,2-11H2,1H3. The highest BCUT2D eigenvalue weighted by Gasteiger charge is 2.31. The van der Waals surface area contributed by atoms with Crippen molar-refractivity contribution in [1.82, 2.24) is 0 Å². The average molecular weight is 263 g/mol. The summed E-state index contributed by atoms with van der Waals surface area (Å²) in [5.74, 6) is -0.856. The van der Waals surface area contributed by atoms with E-state index in [2.05, 4.69) is 6.92 Å². The minimum atomic E-state index is -4.21. The fraction of sp³-hybridized carbons (Fsp3) is 0.929. The minimum absolute atomic E-state index is 0.380. The molecule has 0 spiro atoms. The molecule has 1 atom stereocenters. The zero-order chi connectivity index (χ0) is 13.9. The predicted molar refractivity (Wildman–Crippen MR) is 67.0 cm³/mol. The lowest BCUT2D eigenvalue weighted by molar-refractivity contribution is -0.141. The van der Waals surface area contributed by atoms with Gasteiger partial charge in [-0.15, -0.1) is 0 Å². The highest BCUT2D eigenvalue weighted by molar-refractivity contribution is 4.84. The molecule has 106 valence electrons. The van der Waals surface area contributed by atoms with Gasteiger partial charge in [0.25, 0.3) is 0 Å². The summed E-state index contributed by atoms with van der Waals surface area (Å²) in [7, 11) is 0. The van der Waals surface area contributed by atoms with Crippen LogP contribution in [0.2, 0.25) is 0 Å². The van der Waals surface area contributed by atoms with Crippen LogP contribution in [0.3, 0.4) is 0 Å². The first-order valence-corrected chi connectivity index (χ1v) is 6.96. The SMILES string of the molecule is CCCCCCCCCCC(C#N)CC(F)(F)F. The average Bonchev–Trinajstić information content (AvgIpc) is 2.29. The normalized spacial score (nSPS) is 13.3. The molecule has 0 saturated carbocycles. The van der Waals surface area contributed by atoms with Gasteiger partial charge in [-0.1, -0.05) is 58.3 Å². The van der Waals surface area contributed by atoms with E-state index in [0.717, 1.165) is 25.7 Å². The van der Waals surface area contributed by atoms with E-state index in [1.54, 1.807) is 6.07 Å². The third kappa shape index (κ3) is 11.8. The first-order chi connectivity index (χ1) is 8.49. The Morgan fingerprint density at radius 3 is 1.89 bits per heavy atom. The maximum Gasteiger partial charge on any atom is 0.390 e. The third-order valence-electron chi connectivity index (χ3n) is 3.07. The summed E-state index contributed by atoms with van der Waals surface area (Å²) in [6, 6.07) is 1.76. The highest BCUT2D eigenvalue weighted by atomic mass is 19.4. The topological polar surface area (TPSA) is 23.8 Å². The molecule has 18 heavy (non-hydrogen) atoms. The van der Waals surface area contributed by atoms with Crippen LogP contribution in [0.4, 0.5) is 13.2 Å². The Hall–Kier alpha value is -0.720. The van der Waals surface area contributed by atoms with Crippen molar-refractivity contribution in [2.75, 3.05) is 0 Å². The van der Waals surface area contributed by atoms with Gasteiger partial charge in [0.2, 0.25) is 0 Å². The summed E-state index contributed by atoms with van der Waals surface area (Å²) >= 11 is 0. The molecule has 0 aliphatic heterocycles. The van der Waals surface area contributed by atoms with Gasteiger partial charge in [0.05, 0.1) is 18.4 Å². The monoisotopic (exact) mass is 263 g/mol. The van der Waals surface area contributed by atoms with E-state index in [0.29, 0.717) is 6.42 Å². The fourth-order valence-corrected chi connectivity index (χ4v) is 2.02. The van der Waals surface area contributed by atoms with Crippen molar-refractivity contribution in [2.45, 2.75) is 77.3 Å². The van der Waals surface area contributed by atoms with Crippen molar-refractivity contribution in [1.29, 1.82) is 5.26 Å². The summed E-state index contributed by atoms with van der Waals surface area (Å²) in [6.45, 7) is 2.17. The zero-order valence-corrected chi connectivity index (χ0v) is 11.2. The van der Waals surface area contributed by atoms with Gasteiger partial charge in [-0.3, -0.25) is 0 Å². The van der Waals surface area contributed by atoms with Crippen LogP contribution < -0.4 is 0 Å². The summed E-state index contributed by atoms with van der Waals surface area (Å²) in [4.78, 5) is 0. The summed E-state index contributed by atoms with van der Waals surface area (Å²) in [5, 5.41) is 8.64. The van der Waals surface area contributed by atoms with Gasteiger partial charge in [-0.2, -0.15) is 18.4 Å². The van der Waals surface area contributed by atoms with Gasteiger partial charge in [0.1, 0.15) is 0 Å². The van der Waals surface area contributed by atoms with Crippen LogP contribution in [0.25, 0.3) is 0 Å². The molecule has 0 amide bonds. The van der Waals surface area contributed by atoms with E-state index >= 15 is 0 Å². The van der Waals surface area contributed by atoms with E-state index in [4.69, 9.17) is 5.26 Å². The number of halogens is 3. The molecular formula is C14H24F3N. The van der Waals surface area contributed by atoms with Gasteiger partial charge >= 0.3 is 6.18 Å². The van der Waals surface area contributed by atoms with E-state index in [-0.39, 0.29) is 0 Å². The van der Waals surface area contributed by atoms with E-state index in [9.17, 15) is 13.2 Å². The van der Waals surface area contributed by atoms with Crippen molar-refractivity contribution in [3.05, 3.63) is 0 Å². The fourth-order valence-electron chi connectivity index (χ4n) is 2.02. The molecule has 1 unspecified atom stereocenters. The van der Waals surface area contributed by atoms with Gasteiger partial charge in [-0.05, 0) is 6.42 Å². The van der Waals surface area contributed by atoms with Crippen LogP contribution in [0, 0.1) is 17.2 Å². The van der Waals surface area contributed by atoms with Gasteiger partial charge < -0.3 is 0 Å². The number of nitrogens with zero attached hydrogens (tertiary/aromatic N) is 1. The molecule has 0 rings (SSSR count). The Kier molecular flexibility index (Phi) is 9.82. The highest BCUT2D eigenvalue weighted by Crippen LogP contribution is 2.27. The summed E-state index contributed by atoms with van der Waals surface area (Å²) < 4.78 is 36.3. The number of rotatable bonds is 10. The number of alkyl halides is 3. The van der Waals surface area contributed by atoms with Crippen molar-refractivity contribution >= 4 is 0 Å². The van der Waals surface area contributed by atoms with E-state index in [1.807, 2.05) is 0 Å². The Bertz CT molecular complexity index is 230. The molecule has 0 bridgehead atoms. The molecule has 4 heteroatoms. The Labute approximate surface area is 108 Å². The molecule has 0 fully saturated rings. The Morgan fingerprint density at radius 2 is 1.44 bits per heavy atom. The second-order valence-electron chi connectivity index (χ2n) is 4.91. The van der Waals surface area contributed by atoms with E-state index < -0.39 is 18.5 Å². The second-order valence-corrected chi connectivity index (χ2v) is 4.91. The van der Waals surface area contributed by atoms with Crippen LogP contribution in [0.5, 0.6) is 0 Å². The summed E-state index contributed by atoms with van der Waals surface area (Å²) in [6.07, 6.45) is 4.10. The largest absolute Gasteiger partial charge is 0.390 e. The van der Waals surface area contributed by atoms with E-state index in [1.165, 1.54) is 25.7 Å². The molecule has 0 heterocycles. The third-order valence-corrected chi connectivity index (χ3v) is 3.07. The number of nitriles is 1. The molecule has 0 aliphatic rings. The van der Waals surface area contributed by atoms with Crippen molar-refractivity contribution < 1.29 is 13.2 Å². The number of hydrogen-bond acceptors (Lipinski definition) is 1. The Morgan fingerprint density at radius 1 is 0.944 bits per heavy atom. The van der Waals surface area contributed by atoms with Crippen LogP contribution >= 0.6 is 0 Å². The van der Waals surface area contributed by atoms with Crippen molar-refractivity contribution in [2.24, 2.45) is 5.92 Å². The first-order valence-electron chi connectivity index (χ1n) is 6.96. The lowest BCUT2D eigenvalue weighted by Gasteiger charge is -2.11. The molecular weight excluding hydrogens is 239 g/mol. The predicted octanol–water partition coefficient (Wildman–Crippen LogP) is 5.61. The molecule has 0 N–H and O–H groups in total. The lowest BCUT2D eigenvalue weighted by atomic mass is 9.98. The van der Waals surface area contributed by atoms with Crippen LogP contribution in [-0.2, 0) is 0 Å². The number of unbranched alkanes of at least 4 members (excludes halogenated alkanes) is 7. The molecule has 1 nitrogen and oxygen atoms in total. The number of hydrogen-bond donors (Lipinski definition) is 0. The molecule has 0 aromatic heterocycles. The maximum absolute atomic E-state index is 12.1. The Balaban J connectivity index is 3.44. The second kappa shape index (κ2) is 10.2. The quantitative estimate of drug-likeness (QED) is 0.470. The molecule has 0 aliphatic carbocycles. The zero-order valence-electron chi connectivity index (χ0n) is 11.2. The molecule has 0 aromatic carbocycles. The van der Waals surface area contributed by atoms with Crippen molar-refractivity contribution in [3.63, 3.8) is 0 Å². The van der Waals surface area contributed by atoms with Crippen LogP contribution in [0.1, 0.15) is 71.1 Å². The van der Waals surface area contributed by atoms with Crippen molar-refractivity contribution in [3.8, 4) is 6.07 Å². The lowest BCUT2D eigenvalue weighted by Crippen LogP contribution is -2.14. The van der Waals surface area contributed by atoms with Gasteiger partial charge in [0, 0.05) is 0 Å². The van der Waals surface area contributed by atoms with Crippen LogP contribution in [-0.4, -0.2) is 6.18 Å². The molecule has 0 saturated heterocycles. The molecule has 0 aromatic rings. The van der Waals surface area contributed by atoms with Crippen LogP contribution in [0.15, 0.2) is 0 Å². The summed E-state index contributed by atoms with van der Waals surface area (Å²) in [5.41, 5.74) is 0. The van der Waals surface area contributed by atoms with Gasteiger partial charge in [-0.25, -0.2) is 0 Å². The maximum atomic E-state index is 12.1. The smallest absolute Gasteiger partial charge is 0.198 e.